The van der Waals surface area contributed by atoms with Crippen molar-refractivity contribution in [3.05, 3.63) is 35.9 Å². The number of hydrogen-bond acceptors (Lipinski definition) is 4. The van der Waals surface area contributed by atoms with Crippen molar-refractivity contribution in [3.63, 3.8) is 0 Å². The van der Waals surface area contributed by atoms with E-state index < -0.39 is 6.04 Å². The van der Waals surface area contributed by atoms with Gasteiger partial charge in [0.15, 0.2) is 5.11 Å². The van der Waals surface area contributed by atoms with Gasteiger partial charge in [-0.3, -0.25) is 9.59 Å². The van der Waals surface area contributed by atoms with Crippen LogP contribution in [-0.2, 0) is 20.9 Å². The molecule has 2 saturated heterocycles. The Bertz CT molecular complexity index is 758. The van der Waals surface area contributed by atoms with Crippen LogP contribution in [0.3, 0.4) is 0 Å². The molecule has 0 saturated carbocycles. The Kier molecular flexibility index (Phi) is 7.66. The lowest BCUT2D eigenvalue weighted by atomic mass is 10.0. The van der Waals surface area contributed by atoms with Crippen LogP contribution in [0.5, 0.6) is 0 Å². The molecule has 2 aliphatic rings. The Morgan fingerprint density at radius 3 is 2.63 bits per heavy atom. The van der Waals surface area contributed by atoms with Crippen LogP contribution < -0.4 is 10.6 Å². The molecular formula is C22H32N4O3S. The molecule has 30 heavy (non-hydrogen) atoms. The number of benzene rings is 1. The van der Waals surface area contributed by atoms with Crippen LogP contribution in [0.15, 0.2) is 30.3 Å². The number of carbonyl (C=O) groups excluding carboxylic acids is 2. The van der Waals surface area contributed by atoms with Crippen molar-refractivity contribution in [3.8, 4) is 0 Å². The molecule has 0 unspecified atom stereocenters. The van der Waals surface area contributed by atoms with Crippen molar-refractivity contribution in [1.29, 1.82) is 0 Å². The largest absolute Gasteiger partial charge is 0.370 e. The summed E-state index contributed by atoms with van der Waals surface area (Å²) in [6.07, 6.45) is 0.375. The molecule has 7 nitrogen and oxygen atoms in total. The number of nitrogens with zero attached hydrogens (tertiary/aromatic N) is 2. The molecule has 2 heterocycles. The molecule has 2 amide bonds. The van der Waals surface area contributed by atoms with Crippen LogP contribution in [0, 0.1) is 5.92 Å². The quantitative estimate of drug-likeness (QED) is 0.664. The summed E-state index contributed by atoms with van der Waals surface area (Å²) in [4.78, 5) is 29.6. The third kappa shape index (κ3) is 6.15. The monoisotopic (exact) mass is 432 g/mol. The minimum atomic E-state index is -0.423. The highest BCUT2D eigenvalue weighted by atomic mass is 32.1. The molecule has 0 spiro atoms. The number of nitrogens with one attached hydrogen (secondary N) is 2. The summed E-state index contributed by atoms with van der Waals surface area (Å²) in [5.41, 5.74) is 1.07. The third-order valence-electron chi connectivity index (χ3n) is 5.32. The molecule has 0 radical (unpaired) electrons. The van der Waals surface area contributed by atoms with Crippen molar-refractivity contribution in [2.24, 2.45) is 5.92 Å². The summed E-state index contributed by atoms with van der Waals surface area (Å²) < 4.78 is 6.17. The number of amides is 2. The zero-order valence-corrected chi connectivity index (χ0v) is 18.8. The van der Waals surface area contributed by atoms with Gasteiger partial charge in [0.25, 0.3) is 0 Å². The maximum absolute atomic E-state index is 13.2. The van der Waals surface area contributed by atoms with Gasteiger partial charge < -0.3 is 25.2 Å². The first-order valence-electron chi connectivity index (χ1n) is 10.6. The van der Waals surface area contributed by atoms with Crippen molar-refractivity contribution in [1.82, 2.24) is 20.4 Å². The highest BCUT2D eigenvalue weighted by Gasteiger charge is 2.36. The molecule has 2 fully saturated rings. The van der Waals surface area contributed by atoms with Gasteiger partial charge in [0, 0.05) is 25.7 Å². The normalized spacial score (nSPS) is 25.0. The van der Waals surface area contributed by atoms with Gasteiger partial charge in [-0.1, -0.05) is 44.2 Å². The third-order valence-corrected chi connectivity index (χ3v) is 5.56. The van der Waals surface area contributed by atoms with E-state index in [4.69, 9.17) is 17.0 Å². The first-order valence-corrected chi connectivity index (χ1v) is 11.0. The molecule has 2 aliphatic heterocycles. The Labute approximate surface area is 184 Å². The summed E-state index contributed by atoms with van der Waals surface area (Å²) in [7, 11) is 0. The molecule has 0 aromatic heterocycles. The van der Waals surface area contributed by atoms with Crippen molar-refractivity contribution in [2.75, 3.05) is 26.2 Å². The van der Waals surface area contributed by atoms with E-state index in [1.54, 1.807) is 4.90 Å². The second-order valence-corrected chi connectivity index (χ2v) is 9.05. The minimum absolute atomic E-state index is 0.0348. The molecule has 1 aromatic rings. The smallest absolute Gasteiger partial charge is 0.245 e. The second kappa shape index (κ2) is 10.2. The number of thiocarbonyl (C=S) groups is 1. The zero-order valence-electron chi connectivity index (χ0n) is 18.0. The maximum atomic E-state index is 13.2. The zero-order chi connectivity index (χ0) is 21.7. The lowest BCUT2D eigenvalue weighted by Gasteiger charge is -2.34. The molecule has 164 valence electrons. The maximum Gasteiger partial charge on any atom is 0.245 e. The molecule has 1 aromatic carbocycles. The Morgan fingerprint density at radius 1 is 1.23 bits per heavy atom. The number of ether oxygens (including phenoxy) is 1. The van der Waals surface area contributed by atoms with Crippen LogP contribution in [-0.4, -0.2) is 71.1 Å². The number of carbonyl (C=O) groups is 2. The van der Waals surface area contributed by atoms with Gasteiger partial charge >= 0.3 is 0 Å². The van der Waals surface area contributed by atoms with Gasteiger partial charge in [-0.15, -0.1) is 0 Å². The van der Waals surface area contributed by atoms with Gasteiger partial charge in [-0.2, -0.15) is 0 Å². The highest BCUT2D eigenvalue weighted by Crippen LogP contribution is 2.16. The van der Waals surface area contributed by atoms with Gasteiger partial charge in [0.05, 0.1) is 19.3 Å². The Balaban J connectivity index is 1.73. The van der Waals surface area contributed by atoms with Crippen LogP contribution in [0.25, 0.3) is 0 Å². The van der Waals surface area contributed by atoms with E-state index in [1.165, 1.54) is 0 Å². The fraction of sp³-hybridized carbons (Fsp3) is 0.591. The number of rotatable bonds is 6. The topological polar surface area (TPSA) is 73.9 Å². The van der Waals surface area contributed by atoms with Crippen LogP contribution in [0.4, 0.5) is 0 Å². The lowest BCUT2D eigenvalue weighted by Crippen LogP contribution is -2.59. The Hall–Kier alpha value is -2.19. The van der Waals surface area contributed by atoms with E-state index in [0.29, 0.717) is 43.7 Å². The molecule has 0 bridgehead atoms. The van der Waals surface area contributed by atoms with E-state index in [2.05, 4.69) is 24.5 Å². The molecule has 3 rings (SSSR count). The van der Waals surface area contributed by atoms with Gasteiger partial charge in [-0.05, 0) is 37.0 Å². The first-order chi connectivity index (χ1) is 14.3. The average molecular weight is 433 g/mol. The van der Waals surface area contributed by atoms with Crippen LogP contribution in [0.1, 0.15) is 32.8 Å². The first kappa shape index (κ1) is 22.5. The summed E-state index contributed by atoms with van der Waals surface area (Å²) >= 11 is 5.22. The van der Waals surface area contributed by atoms with Gasteiger partial charge in [-0.25, -0.2) is 0 Å². The number of hydrogen-bond donors (Lipinski definition) is 2. The minimum Gasteiger partial charge on any atom is -0.370 e. The fourth-order valence-electron chi connectivity index (χ4n) is 3.94. The predicted molar refractivity (Wildman–Crippen MR) is 120 cm³/mol. The van der Waals surface area contributed by atoms with Crippen LogP contribution in [0.2, 0.25) is 0 Å². The summed E-state index contributed by atoms with van der Waals surface area (Å²) in [5, 5.41) is 6.65. The van der Waals surface area contributed by atoms with Crippen molar-refractivity contribution >= 4 is 29.1 Å². The summed E-state index contributed by atoms with van der Waals surface area (Å²) in [6.45, 7) is 8.22. The lowest BCUT2D eigenvalue weighted by molar-refractivity contribution is -0.140. The van der Waals surface area contributed by atoms with Crippen molar-refractivity contribution < 1.29 is 14.3 Å². The van der Waals surface area contributed by atoms with Crippen molar-refractivity contribution in [2.45, 2.75) is 52.0 Å². The molecule has 0 aliphatic carbocycles. The molecule has 3 atom stereocenters. The van der Waals surface area contributed by atoms with Crippen LogP contribution >= 0.6 is 12.2 Å². The van der Waals surface area contributed by atoms with E-state index >= 15 is 0 Å². The molecule has 8 heteroatoms. The SMILES string of the molecule is CC(C)CN1C[C@@H](OCc2ccccc2)CN(C(=O)[C@@H]2C[C@@H](C)NC(=S)N2)CC1=O. The molecular weight excluding hydrogens is 400 g/mol. The fourth-order valence-corrected chi connectivity index (χ4v) is 4.28. The highest BCUT2D eigenvalue weighted by molar-refractivity contribution is 7.80. The Morgan fingerprint density at radius 2 is 1.97 bits per heavy atom. The predicted octanol–water partition coefficient (Wildman–Crippen LogP) is 1.52. The molecule has 2 N–H and O–H groups in total. The van der Waals surface area contributed by atoms with E-state index in [0.717, 1.165) is 5.56 Å². The standard InChI is InChI=1S/C22H32N4O3S/c1-15(2)10-25-11-18(29-14-17-7-5-4-6-8-17)12-26(13-20(25)27)21(28)19-9-16(3)23-22(30)24-19/h4-8,15-16,18-19H,9-14H2,1-3H3,(H2,23,24,30)/t16-,18-,19+/m1/s1. The van der Waals surface area contributed by atoms with E-state index in [9.17, 15) is 9.59 Å². The summed E-state index contributed by atoms with van der Waals surface area (Å²) in [5.74, 6) is 0.210. The van der Waals surface area contributed by atoms with E-state index in [1.807, 2.05) is 42.2 Å². The summed E-state index contributed by atoms with van der Waals surface area (Å²) in [6, 6.07) is 9.63. The second-order valence-electron chi connectivity index (χ2n) is 8.64. The average Bonchev–Trinajstić information content (AvgIpc) is 2.84. The van der Waals surface area contributed by atoms with E-state index in [-0.39, 0.29) is 30.5 Å². The van der Waals surface area contributed by atoms with Gasteiger partial charge in [0.1, 0.15) is 6.04 Å². The van der Waals surface area contributed by atoms with Gasteiger partial charge in [0.2, 0.25) is 11.8 Å².